The van der Waals surface area contributed by atoms with Gasteiger partial charge in [0.15, 0.2) is 0 Å². The van der Waals surface area contributed by atoms with Gasteiger partial charge in [0.2, 0.25) is 0 Å². The van der Waals surface area contributed by atoms with E-state index < -0.39 is 0 Å². The number of rotatable bonds is 4. The van der Waals surface area contributed by atoms with E-state index >= 15 is 0 Å². The van der Waals surface area contributed by atoms with Gasteiger partial charge in [-0.05, 0) is 30.0 Å². The highest BCUT2D eigenvalue weighted by atomic mass is 16.5. The zero-order valence-corrected chi connectivity index (χ0v) is 12.1. The van der Waals surface area contributed by atoms with Gasteiger partial charge >= 0.3 is 5.97 Å². The molecule has 1 heterocycles. The van der Waals surface area contributed by atoms with Crippen LogP contribution in [-0.4, -0.2) is 40.4 Å². The summed E-state index contributed by atoms with van der Waals surface area (Å²) in [6.45, 7) is 1.51. The van der Waals surface area contributed by atoms with Crippen LogP contribution in [0.5, 0.6) is 11.5 Å². The number of carbonyl (C=O) groups excluding carboxylic acids is 1. The van der Waals surface area contributed by atoms with Crippen molar-refractivity contribution >= 4 is 5.97 Å². The lowest BCUT2D eigenvalue weighted by Crippen LogP contribution is -2.39. The van der Waals surface area contributed by atoms with Gasteiger partial charge in [0.05, 0.1) is 27.2 Å². The van der Waals surface area contributed by atoms with Gasteiger partial charge in [-0.15, -0.1) is 0 Å². The monoisotopic (exact) mass is 279 g/mol. The summed E-state index contributed by atoms with van der Waals surface area (Å²) >= 11 is 0. The lowest BCUT2D eigenvalue weighted by Gasteiger charge is -2.29. The summed E-state index contributed by atoms with van der Waals surface area (Å²) in [5.74, 6) is 1.52. The number of hydrogen-bond donors (Lipinski definition) is 1. The maximum atomic E-state index is 11.7. The molecule has 1 aromatic carbocycles. The normalized spacial score (nSPS) is 22.1. The minimum Gasteiger partial charge on any atom is -0.497 e. The fraction of sp³-hybridized carbons (Fsp3) is 0.533. The van der Waals surface area contributed by atoms with Crippen molar-refractivity contribution in [3.05, 3.63) is 23.8 Å². The molecule has 2 rings (SSSR count). The Labute approximate surface area is 119 Å². The number of benzene rings is 1. The van der Waals surface area contributed by atoms with Gasteiger partial charge in [0.1, 0.15) is 11.5 Å². The second-order valence-electron chi connectivity index (χ2n) is 4.96. The molecule has 0 saturated carbocycles. The van der Waals surface area contributed by atoms with Gasteiger partial charge < -0.3 is 19.5 Å². The first-order valence-electron chi connectivity index (χ1n) is 6.69. The molecule has 1 saturated heterocycles. The topological polar surface area (TPSA) is 56.8 Å². The van der Waals surface area contributed by atoms with Crippen LogP contribution in [0.2, 0.25) is 0 Å². The number of methoxy groups -OCH3 is 3. The van der Waals surface area contributed by atoms with Crippen LogP contribution in [0, 0.1) is 5.92 Å². The Morgan fingerprint density at radius 2 is 1.75 bits per heavy atom. The number of esters is 1. The zero-order chi connectivity index (χ0) is 14.5. The number of ether oxygens (including phenoxy) is 3. The van der Waals surface area contributed by atoms with E-state index in [1.165, 1.54) is 7.11 Å². The molecule has 1 aliphatic heterocycles. The highest BCUT2D eigenvalue weighted by Gasteiger charge is 2.29. The molecule has 1 N–H and O–H groups in total. The standard InChI is InChI=1S/C15H21NO4/c1-18-13-5-10(6-14(7-13)19-2)11-4-12(9-16-8-11)15(17)20-3/h5-7,11-12,16H,4,8-9H2,1-3H3/t11-,12-/m1/s1. The Hall–Kier alpha value is -1.75. The maximum absolute atomic E-state index is 11.7. The van der Waals surface area contributed by atoms with Crippen LogP contribution in [0.1, 0.15) is 17.9 Å². The molecule has 0 aliphatic carbocycles. The van der Waals surface area contributed by atoms with E-state index in [-0.39, 0.29) is 17.8 Å². The van der Waals surface area contributed by atoms with Crippen molar-refractivity contribution in [2.75, 3.05) is 34.4 Å². The van der Waals surface area contributed by atoms with Crippen molar-refractivity contribution in [2.24, 2.45) is 5.92 Å². The van der Waals surface area contributed by atoms with Crippen LogP contribution < -0.4 is 14.8 Å². The fourth-order valence-corrected chi connectivity index (χ4v) is 2.61. The first kappa shape index (κ1) is 14.7. The van der Waals surface area contributed by atoms with E-state index in [9.17, 15) is 4.79 Å². The maximum Gasteiger partial charge on any atom is 0.309 e. The van der Waals surface area contributed by atoms with Crippen molar-refractivity contribution in [3.63, 3.8) is 0 Å². The number of carbonyl (C=O) groups is 1. The van der Waals surface area contributed by atoms with Gasteiger partial charge in [-0.25, -0.2) is 0 Å². The quantitative estimate of drug-likeness (QED) is 0.848. The molecule has 5 nitrogen and oxygen atoms in total. The lowest BCUT2D eigenvalue weighted by molar-refractivity contribution is -0.146. The molecule has 5 heteroatoms. The van der Waals surface area contributed by atoms with Crippen LogP contribution >= 0.6 is 0 Å². The first-order valence-corrected chi connectivity index (χ1v) is 6.69. The fourth-order valence-electron chi connectivity index (χ4n) is 2.61. The van der Waals surface area contributed by atoms with Crippen molar-refractivity contribution in [1.82, 2.24) is 5.32 Å². The van der Waals surface area contributed by atoms with Gasteiger partial charge in [-0.3, -0.25) is 4.79 Å². The number of hydrogen-bond acceptors (Lipinski definition) is 5. The SMILES string of the molecule is COC(=O)[C@H]1CNC[C@H](c2cc(OC)cc(OC)c2)C1. The largest absolute Gasteiger partial charge is 0.497 e. The second-order valence-corrected chi connectivity index (χ2v) is 4.96. The molecule has 0 radical (unpaired) electrons. The Bertz CT molecular complexity index is 453. The summed E-state index contributed by atoms with van der Waals surface area (Å²) in [5.41, 5.74) is 1.11. The Kier molecular flexibility index (Phi) is 4.84. The summed E-state index contributed by atoms with van der Waals surface area (Å²) < 4.78 is 15.4. The Balaban J connectivity index is 2.19. The molecule has 2 atom stereocenters. The summed E-state index contributed by atoms with van der Waals surface area (Å²) in [6, 6.07) is 5.83. The molecule has 0 bridgehead atoms. The van der Waals surface area contributed by atoms with E-state index in [4.69, 9.17) is 14.2 Å². The van der Waals surface area contributed by atoms with Crippen molar-refractivity contribution < 1.29 is 19.0 Å². The summed E-state index contributed by atoms with van der Waals surface area (Å²) in [7, 11) is 4.70. The van der Waals surface area contributed by atoms with Crippen molar-refractivity contribution in [3.8, 4) is 11.5 Å². The van der Waals surface area contributed by atoms with Crippen LogP contribution in [0.3, 0.4) is 0 Å². The predicted octanol–water partition coefficient (Wildman–Crippen LogP) is 1.57. The molecule has 0 spiro atoms. The minimum atomic E-state index is -0.155. The van der Waals surface area contributed by atoms with E-state index in [0.717, 1.165) is 30.0 Å². The number of nitrogens with one attached hydrogen (secondary N) is 1. The highest BCUT2D eigenvalue weighted by Crippen LogP contribution is 2.32. The molecule has 20 heavy (non-hydrogen) atoms. The number of piperidine rings is 1. The summed E-state index contributed by atoms with van der Waals surface area (Å²) in [5, 5.41) is 3.29. The van der Waals surface area contributed by atoms with Gasteiger partial charge in [-0.2, -0.15) is 0 Å². The molecule has 1 aromatic rings. The van der Waals surface area contributed by atoms with Crippen molar-refractivity contribution in [2.45, 2.75) is 12.3 Å². The average molecular weight is 279 g/mol. The molecule has 0 unspecified atom stereocenters. The molecule has 1 fully saturated rings. The zero-order valence-electron chi connectivity index (χ0n) is 12.1. The third-order valence-corrected chi connectivity index (χ3v) is 3.73. The third-order valence-electron chi connectivity index (χ3n) is 3.73. The highest BCUT2D eigenvalue weighted by molar-refractivity contribution is 5.72. The minimum absolute atomic E-state index is 0.101. The van der Waals surface area contributed by atoms with E-state index in [1.54, 1.807) is 14.2 Å². The van der Waals surface area contributed by atoms with Gasteiger partial charge in [-0.1, -0.05) is 0 Å². The average Bonchev–Trinajstić information content (AvgIpc) is 2.53. The predicted molar refractivity (Wildman–Crippen MR) is 75.3 cm³/mol. The molecule has 0 amide bonds. The molecule has 1 aliphatic rings. The second kappa shape index (κ2) is 6.61. The van der Waals surface area contributed by atoms with Gasteiger partial charge in [0, 0.05) is 19.2 Å². The third kappa shape index (κ3) is 3.22. The van der Waals surface area contributed by atoms with Crippen molar-refractivity contribution in [1.29, 1.82) is 0 Å². The Morgan fingerprint density at radius 3 is 2.30 bits per heavy atom. The van der Waals surface area contributed by atoms with Gasteiger partial charge in [0.25, 0.3) is 0 Å². The van der Waals surface area contributed by atoms with E-state index in [0.29, 0.717) is 6.54 Å². The van der Waals surface area contributed by atoms with E-state index in [1.807, 2.05) is 18.2 Å². The lowest BCUT2D eigenvalue weighted by atomic mass is 9.85. The summed E-state index contributed by atoms with van der Waals surface area (Å²) in [6.07, 6.45) is 0.774. The van der Waals surface area contributed by atoms with Crippen LogP contribution in [0.25, 0.3) is 0 Å². The smallest absolute Gasteiger partial charge is 0.309 e. The Morgan fingerprint density at radius 1 is 1.10 bits per heavy atom. The van der Waals surface area contributed by atoms with Crippen LogP contribution in [-0.2, 0) is 9.53 Å². The van der Waals surface area contributed by atoms with Crippen LogP contribution in [0.15, 0.2) is 18.2 Å². The molecular formula is C15H21NO4. The molecular weight excluding hydrogens is 258 g/mol. The molecule has 0 aromatic heterocycles. The van der Waals surface area contributed by atoms with Crippen LogP contribution in [0.4, 0.5) is 0 Å². The summed E-state index contributed by atoms with van der Waals surface area (Å²) in [4.78, 5) is 11.7. The molecule has 110 valence electrons. The first-order chi connectivity index (χ1) is 9.67. The van der Waals surface area contributed by atoms with E-state index in [2.05, 4.69) is 5.32 Å².